The molecule has 0 rings (SSSR count). The van der Waals surface area contributed by atoms with E-state index in [0.717, 1.165) is 0 Å². The molecule has 0 saturated carbocycles. The maximum absolute atomic E-state index is 9.58. The van der Waals surface area contributed by atoms with Gasteiger partial charge in [-0.1, -0.05) is 12.2 Å². The maximum Gasteiger partial charge on any atom is 0.494 e. The van der Waals surface area contributed by atoms with Crippen LogP contribution in [0.25, 0.3) is 0 Å². The highest BCUT2D eigenvalue weighted by atomic mass is 31.1. The van der Waals surface area contributed by atoms with Crippen molar-refractivity contribution in [1.29, 1.82) is 0 Å². The summed E-state index contributed by atoms with van der Waals surface area (Å²) in [5.41, 5.74) is 0. The lowest BCUT2D eigenvalue weighted by Crippen LogP contribution is -1.71. The minimum atomic E-state index is -0.634. The fraction of sp³-hybridized carbons (Fsp3) is 0.500. The van der Waals surface area contributed by atoms with E-state index < -0.39 is 8.69 Å². The van der Waals surface area contributed by atoms with E-state index in [2.05, 4.69) is 4.52 Å². The fourth-order valence-electron chi connectivity index (χ4n) is 0.178. The van der Waals surface area contributed by atoms with Crippen LogP contribution in [-0.4, -0.2) is 6.61 Å². The van der Waals surface area contributed by atoms with Crippen molar-refractivity contribution in [2.24, 2.45) is 0 Å². The van der Waals surface area contributed by atoms with Crippen LogP contribution in [0.5, 0.6) is 0 Å². The Labute approximate surface area is 44.5 Å². The highest BCUT2D eigenvalue weighted by Gasteiger charge is 1.81. The predicted molar refractivity (Wildman–Crippen MR) is 29.8 cm³/mol. The second-order valence-corrected chi connectivity index (χ2v) is 1.42. The smallest absolute Gasteiger partial charge is 0.144 e. The van der Waals surface area contributed by atoms with Crippen LogP contribution < -0.4 is 0 Å². The molecule has 0 aromatic carbocycles. The van der Waals surface area contributed by atoms with Crippen LogP contribution in [0.4, 0.5) is 0 Å². The standard InChI is InChI=1S/C4H8O2P/c1-2-3-4-6-7-5/h2-3,7H,4H2,1H3/q+1/b3-2-. The number of hydrogen-bond donors (Lipinski definition) is 0. The Kier molecular flexibility index (Phi) is 5.63. The third-order valence-electron chi connectivity index (χ3n) is 0.474. The summed E-state index contributed by atoms with van der Waals surface area (Å²) >= 11 is 0. The first-order valence-corrected chi connectivity index (χ1v) is 2.83. The Bertz CT molecular complexity index is 70.1. The number of hydrogen-bond acceptors (Lipinski definition) is 2. The minimum absolute atomic E-state index is 0.457. The summed E-state index contributed by atoms with van der Waals surface area (Å²) in [4.78, 5) is 0. The summed E-state index contributed by atoms with van der Waals surface area (Å²) in [7, 11) is -0.634. The molecule has 0 aromatic heterocycles. The van der Waals surface area contributed by atoms with Crippen LogP contribution in [0, 0.1) is 0 Å². The molecule has 0 heterocycles. The van der Waals surface area contributed by atoms with Gasteiger partial charge in [0.1, 0.15) is 6.61 Å². The van der Waals surface area contributed by atoms with Gasteiger partial charge < -0.3 is 0 Å². The maximum atomic E-state index is 9.58. The zero-order valence-corrected chi connectivity index (χ0v) is 5.18. The zero-order valence-electron chi connectivity index (χ0n) is 4.18. The Balaban J connectivity index is 2.82. The molecule has 0 aliphatic heterocycles. The third-order valence-corrected chi connectivity index (χ3v) is 0.759. The normalized spacial score (nSPS) is 11.0. The largest absolute Gasteiger partial charge is 0.494 e. The molecule has 0 radical (unpaired) electrons. The molecule has 0 saturated heterocycles. The molecule has 40 valence electrons. The molecule has 0 fully saturated rings. The van der Waals surface area contributed by atoms with Gasteiger partial charge in [-0.05, 0) is 11.5 Å². The second-order valence-electron chi connectivity index (χ2n) is 0.963. The molecular weight excluding hydrogens is 111 g/mol. The van der Waals surface area contributed by atoms with Crippen molar-refractivity contribution >= 4 is 8.69 Å². The lowest BCUT2D eigenvalue weighted by atomic mass is 10.6. The van der Waals surface area contributed by atoms with E-state index >= 15 is 0 Å². The molecule has 0 aromatic rings. The van der Waals surface area contributed by atoms with Crippen LogP contribution in [0.3, 0.4) is 0 Å². The lowest BCUT2D eigenvalue weighted by Gasteiger charge is -1.71. The molecular formula is C4H8O2P+. The molecule has 0 aliphatic carbocycles. The van der Waals surface area contributed by atoms with Gasteiger partial charge in [-0.2, -0.15) is 0 Å². The van der Waals surface area contributed by atoms with E-state index in [1.807, 2.05) is 13.0 Å². The van der Waals surface area contributed by atoms with Crippen molar-refractivity contribution in [3.63, 3.8) is 0 Å². The molecule has 0 spiro atoms. The summed E-state index contributed by atoms with van der Waals surface area (Å²) in [5, 5.41) is 0. The zero-order chi connectivity index (χ0) is 5.54. The first kappa shape index (κ1) is 6.80. The van der Waals surface area contributed by atoms with Gasteiger partial charge in [0, 0.05) is 0 Å². The van der Waals surface area contributed by atoms with Crippen LogP contribution in [0.1, 0.15) is 6.92 Å². The van der Waals surface area contributed by atoms with Crippen LogP contribution in [0.2, 0.25) is 0 Å². The summed E-state index contributed by atoms with van der Waals surface area (Å²) in [5.74, 6) is 0. The van der Waals surface area contributed by atoms with Gasteiger partial charge in [0.2, 0.25) is 0 Å². The fourth-order valence-corrected chi connectivity index (χ4v) is 0.343. The van der Waals surface area contributed by atoms with Crippen molar-refractivity contribution < 1.29 is 9.09 Å². The van der Waals surface area contributed by atoms with E-state index in [4.69, 9.17) is 0 Å². The number of allylic oxidation sites excluding steroid dienone is 1. The highest BCUT2D eigenvalue weighted by molar-refractivity contribution is 7.17. The molecule has 0 amide bonds. The Hall–Kier alpha value is -0.200. The van der Waals surface area contributed by atoms with Crippen molar-refractivity contribution in [3.05, 3.63) is 12.2 Å². The molecule has 0 bridgehead atoms. The Morgan fingerprint density at radius 3 is 3.00 bits per heavy atom. The molecule has 1 unspecified atom stereocenters. The third kappa shape index (κ3) is 5.80. The van der Waals surface area contributed by atoms with Gasteiger partial charge in [-0.25, -0.2) is 0 Å². The van der Waals surface area contributed by atoms with Crippen LogP contribution in [0.15, 0.2) is 12.2 Å². The predicted octanol–water partition coefficient (Wildman–Crippen LogP) is 1.52. The van der Waals surface area contributed by atoms with Gasteiger partial charge in [-0.3, -0.25) is 0 Å². The molecule has 0 aliphatic rings. The first-order chi connectivity index (χ1) is 3.41. The van der Waals surface area contributed by atoms with Gasteiger partial charge >= 0.3 is 8.69 Å². The average Bonchev–Trinajstić information content (AvgIpc) is 1.69. The molecule has 0 N–H and O–H groups in total. The molecule has 1 atom stereocenters. The summed E-state index contributed by atoms with van der Waals surface area (Å²) in [6, 6.07) is 0. The quantitative estimate of drug-likeness (QED) is 0.320. The van der Waals surface area contributed by atoms with Crippen molar-refractivity contribution in [2.75, 3.05) is 6.61 Å². The van der Waals surface area contributed by atoms with Gasteiger partial charge in [-0.15, -0.1) is 4.52 Å². The van der Waals surface area contributed by atoms with Crippen LogP contribution >= 0.6 is 8.69 Å². The highest BCUT2D eigenvalue weighted by Crippen LogP contribution is 1.91. The molecule has 3 heteroatoms. The summed E-state index contributed by atoms with van der Waals surface area (Å²) < 4.78 is 14.0. The van der Waals surface area contributed by atoms with E-state index in [1.54, 1.807) is 6.08 Å². The average molecular weight is 119 g/mol. The van der Waals surface area contributed by atoms with Crippen molar-refractivity contribution in [1.82, 2.24) is 0 Å². The second kappa shape index (κ2) is 5.80. The summed E-state index contributed by atoms with van der Waals surface area (Å²) in [6.45, 7) is 2.34. The van der Waals surface area contributed by atoms with Crippen molar-refractivity contribution in [3.8, 4) is 0 Å². The molecule has 7 heavy (non-hydrogen) atoms. The van der Waals surface area contributed by atoms with Crippen molar-refractivity contribution in [2.45, 2.75) is 6.92 Å². The van der Waals surface area contributed by atoms with E-state index in [-0.39, 0.29) is 0 Å². The van der Waals surface area contributed by atoms with Crippen LogP contribution in [-0.2, 0) is 9.09 Å². The number of rotatable bonds is 3. The lowest BCUT2D eigenvalue weighted by molar-refractivity contribution is 0.387. The minimum Gasteiger partial charge on any atom is -0.144 e. The topological polar surface area (TPSA) is 26.3 Å². The Morgan fingerprint density at radius 2 is 2.57 bits per heavy atom. The van der Waals surface area contributed by atoms with E-state index in [9.17, 15) is 4.57 Å². The SMILES string of the molecule is C/C=C\CO[PH+]=O. The summed E-state index contributed by atoms with van der Waals surface area (Å²) in [6.07, 6.45) is 3.64. The first-order valence-electron chi connectivity index (χ1n) is 2.02. The van der Waals surface area contributed by atoms with E-state index in [1.165, 1.54) is 0 Å². The van der Waals surface area contributed by atoms with E-state index in [0.29, 0.717) is 6.61 Å². The Morgan fingerprint density at radius 1 is 1.86 bits per heavy atom. The van der Waals surface area contributed by atoms with Gasteiger partial charge in [0.05, 0.1) is 0 Å². The molecule has 2 nitrogen and oxygen atoms in total. The van der Waals surface area contributed by atoms with Gasteiger partial charge in [0.25, 0.3) is 0 Å². The van der Waals surface area contributed by atoms with Gasteiger partial charge in [0.15, 0.2) is 0 Å². The monoisotopic (exact) mass is 119 g/mol.